The number of allylic oxidation sites excluding steroid dienone is 8. The summed E-state index contributed by atoms with van der Waals surface area (Å²) in [6, 6.07) is 0. The van der Waals surface area contributed by atoms with E-state index in [1.165, 1.54) is 128 Å². The molecule has 3 unspecified atom stereocenters. The van der Waals surface area contributed by atoms with Crippen LogP contribution in [0.3, 0.4) is 0 Å². The van der Waals surface area contributed by atoms with Crippen molar-refractivity contribution in [3.63, 3.8) is 0 Å². The lowest BCUT2D eigenvalue weighted by molar-refractivity contribution is -0.161. The quantitative estimate of drug-likeness (QED) is 0.0197. The van der Waals surface area contributed by atoms with Gasteiger partial charge in [0.25, 0.3) is 0 Å². The average molecular weight is 1070 g/mol. The van der Waals surface area contributed by atoms with Crippen LogP contribution >= 0.6 is 7.82 Å². The number of aliphatic hydroxyl groups is 1. The predicted octanol–water partition coefficient (Wildman–Crippen LogP) is 18.1. The molecule has 0 saturated carbocycles. The zero-order valence-corrected chi connectivity index (χ0v) is 48.7. The molecular weight excluding hydrogens is 952 g/mol. The van der Waals surface area contributed by atoms with Crippen LogP contribution in [0.2, 0.25) is 0 Å². The molecule has 0 aliphatic carbocycles. The van der Waals surface area contributed by atoms with Gasteiger partial charge in [-0.3, -0.25) is 23.4 Å². The average Bonchev–Trinajstić information content (AvgIpc) is 3.39. The highest BCUT2D eigenvalue weighted by molar-refractivity contribution is 7.47. The summed E-state index contributed by atoms with van der Waals surface area (Å²) in [5, 5.41) is 9.82. The van der Waals surface area contributed by atoms with Crippen LogP contribution in [0.15, 0.2) is 48.6 Å². The Kier molecular flexibility index (Phi) is 54.7. The molecule has 0 saturated heterocycles. The summed E-state index contributed by atoms with van der Waals surface area (Å²) < 4.78 is 39.6. The maximum atomic E-state index is 12.9. The highest BCUT2D eigenvalue weighted by Crippen LogP contribution is 2.43. The van der Waals surface area contributed by atoms with Crippen molar-refractivity contribution in [2.24, 2.45) is 0 Å². The molecular formula is C62H113O11P. The number of hydrogen-bond donors (Lipinski definition) is 2. The summed E-state index contributed by atoms with van der Waals surface area (Å²) in [4.78, 5) is 48.6. The Bertz CT molecular complexity index is 1430. The van der Waals surface area contributed by atoms with Crippen LogP contribution in [-0.4, -0.2) is 66.5 Å². The van der Waals surface area contributed by atoms with Gasteiger partial charge in [0.1, 0.15) is 12.7 Å². The summed E-state index contributed by atoms with van der Waals surface area (Å²) in [7, 11) is -4.75. The second-order valence-corrected chi connectivity index (χ2v) is 22.0. The van der Waals surface area contributed by atoms with Crippen molar-refractivity contribution in [1.29, 1.82) is 0 Å². The number of unbranched alkanes of at least 4 members (excludes halogenated alkanes) is 32. The van der Waals surface area contributed by atoms with Crippen molar-refractivity contribution >= 4 is 25.7 Å². The van der Waals surface area contributed by atoms with Gasteiger partial charge in [-0.15, -0.1) is 0 Å². The Labute approximate surface area is 453 Å². The van der Waals surface area contributed by atoms with Crippen LogP contribution in [0.5, 0.6) is 0 Å². The summed E-state index contributed by atoms with van der Waals surface area (Å²) in [5.74, 6) is -1.46. The number of phosphoric acid groups is 1. The fourth-order valence-corrected chi connectivity index (χ4v) is 9.43. The molecule has 0 aliphatic heterocycles. The van der Waals surface area contributed by atoms with Gasteiger partial charge >= 0.3 is 25.7 Å². The van der Waals surface area contributed by atoms with Crippen molar-refractivity contribution in [3.05, 3.63) is 48.6 Å². The Morgan fingerprint density at radius 1 is 0.392 bits per heavy atom. The van der Waals surface area contributed by atoms with Crippen molar-refractivity contribution < 1.29 is 52.2 Å². The summed E-state index contributed by atoms with van der Waals surface area (Å²) in [5.41, 5.74) is 0. The maximum Gasteiger partial charge on any atom is 0.472 e. The molecule has 0 aromatic rings. The molecule has 0 amide bonds. The Morgan fingerprint density at radius 2 is 0.703 bits per heavy atom. The first-order valence-electron chi connectivity index (χ1n) is 30.5. The largest absolute Gasteiger partial charge is 0.472 e. The summed E-state index contributed by atoms with van der Waals surface area (Å²) in [6.45, 7) is 4.56. The predicted molar refractivity (Wildman–Crippen MR) is 307 cm³/mol. The second kappa shape index (κ2) is 56.6. The number of ether oxygens (including phenoxy) is 3. The number of rotatable bonds is 57. The van der Waals surface area contributed by atoms with Crippen LogP contribution in [0.25, 0.3) is 0 Å². The first kappa shape index (κ1) is 71.4. The standard InChI is InChI=1S/C62H113O11P/c1-4-7-10-13-16-19-22-25-27-28-29-30-32-34-36-39-42-45-48-51-60(64)69-55-59(73-62(66)53-50-47-44-41-38-35-31-26-23-20-17-14-11-8-5-2)57-71-74(67,68)70-56-58(54-63)72-61(65)52-49-46-43-40-37-33-24-21-18-15-12-9-6-3/h7,10,16,19,25,27,29-30,58-59,63H,4-6,8-9,11-15,17-18,20-24,26,28,31-57H2,1-3H3,(H,67,68)/b10-7-,19-16-,27-25-,30-29-. The number of carbonyl (C=O) groups excluding carboxylic acids is 3. The topological polar surface area (TPSA) is 155 Å². The lowest BCUT2D eigenvalue weighted by atomic mass is 10.0. The first-order chi connectivity index (χ1) is 36.2. The number of hydrogen-bond acceptors (Lipinski definition) is 10. The highest BCUT2D eigenvalue weighted by atomic mass is 31.2. The third-order valence-electron chi connectivity index (χ3n) is 13.3. The van der Waals surface area contributed by atoms with Gasteiger partial charge in [0.05, 0.1) is 19.8 Å². The van der Waals surface area contributed by atoms with E-state index in [1.54, 1.807) is 0 Å². The highest BCUT2D eigenvalue weighted by Gasteiger charge is 2.28. The SMILES string of the molecule is CC/C=C\C/C=C\C/C=C\C/C=C\CCCCCCCCC(=O)OCC(COP(=O)(O)OCC(CO)OC(=O)CCCCCCCCCCCCCCC)OC(=O)CCCCCCCCCCCCCCCCC. The van der Waals surface area contributed by atoms with Gasteiger partial charge in [-0.1, -0.05) is 262 Å². The molecule has 0 aromatic carbocycles. The van der Waals surface area contributed by atoms with E-state index in [0.717, 1.165) is 103 Å². The zero-order valence-electron chi connectivity index (χ0n) is 47.8. The normalized spacial score (nSPS) is 13.6. The molecule has 0 aliphatic rings. The fraction of sp³-hybridized carbons (Fsp3) is 0.823. The van der Waals surface area contributed by atoms with Gasteiger partial charge < -0.3 is 24.2 Å². The molecule has 0 fully saturated rings. The van der Waals surface area contributed by atoms with Crippen LogP contribution in [0.1, 0.15) is 290 Å². The van der Waals surface area contributed by atoms with Gasteiger partial charge in [-0.2, -0.15) is 0 Å². The van der Waals surface area contributed by atoms with E-state index in [2.05, 4.69) is 69.4 Å². The molecule has 11 nitrogen and oxygen atoms in total. The zero-order chi connectivity index (χ0) is 54.1. The Morgan fingerprint density at radius 3 is 1.08 bits per heavy atom. The van der Waals surface area contributed by atoms with E-state index in [-0.39, 0.29) is 25.9 Å². The minimum absolute atomic E-state index is 0.169. The van der Waals surface area contributed by atoms with Crippen LogP contribution in [-0.2, 0) is 42.2 Å². The van der Waals surface area contributed by atoms with Crippen molar-refractivity contribution in [3.8, 4) is 0 Å². The maximum absolute atomic E-state index is 12.9. The molecule has 0 rings (SSSR count). The number of esters is 3. The fourth-order valence-electron chi connectivity index (χ4n) is 8.64. The van der Waals surface area contributed by atoms with E-state index in [9.17, 15) is 28.9 Å². The minimum atomic E-state index is -4.75. The van der Waals surface area contributed by atoms with Gasteiger partial charge in [-0.05, 0) is 57.8 Å². The Hall–Kier alpha value is -2.56. The number of aliphatic hydroxyl groups excluding tert-OH is 1. The third kappa shape index (κ3) is 54.2. The second-order valence-electron chi connectivity index (χ2n) is 20.5. The minimum Gasteiger partial charge on any atom is -0.462 e. The van der Waals surface area contributed by atoms with Crippen molar-refractivity contribution in [2.75, 3.05) is 26.4 Å². The smallest absolute Gasteiger partial charge is 0.462 e. The van der Waals surface area contributed by atoms with Gasteiger partial charge in [0.2, 0.25) is 0 Å². The van der Waals surface area contributed by atoms with Gasteiger partial charge in [-0.25, -0.2) is 4.57 Å². The first-order valence-corrected chi connectivity index (χ1v) is 32.0. The van der Waals surface area contributed by atoms with Crippen molar-refractivity contribution in [2.45, 2.75) is 303 Å². The number of carbonyl (C=O) groups is 3. The molecule has 0 spiro atoms. The number of phosphoric ester groups is 1. The molecule has 0 radical (unpaired) electrons. The monoisotopic (exact) mass is 1060 g/mol. The van der Waals surface area contributed by atoms with Crippen LogP contribution < -0.4 is 0 Å². The van der Waals surface area contributed by atoms with E-state index < -0.39 is 57.8 Å². The van der Waals surface area contributed by atoms with Gasteiger partial charge in [0.15, 0.2) is 6.10 Å². The lowest BCUT2D eigenvalue weighted by Crippen LogP contribution is -2.30. The van der Waals surface area contributed by atoms with E-state index in [4.69, 9.17) is 23.3 Å². The molecule has 0 aromatic heterocycles. The van der Waals surface area contributed by atoms with E-state index in [0.29, 0.717) is 19.3 Å². The summed E-state index contributed by atoms with van der Waals surface area (Å²) in [6.07, 6.45) is 60.6. The molecule has 432 valence electrons. The van der Waals surface area contributed by atoms with Crippen LogP contribution in [0.4, 0.5) is 0 Å². The molecule has 0 heterocycles. The molecule has 2 N–H and O–H groups in total. The van der Waals surface area contributed by atoms with E-state index >= 15 is 0 Å². The third-order valence-corrected chi connectivity index (χ3v) is 14.2. The Balaban J connectivity index is 4.70. The lowest BCUT2D eigenvalue weighted by Gasteiger charge is -2.21. The van der Waals surface area contributed by atoms with Crippen molar-refractivity contribution in [1.82, 2.24) is 0 Å². The molecule has 0 bridgehead atoms. The van der Waals surface area contributed by atoms with E-state index in [1.807, 2.05) is 0 Å². The molecule has 12 heteroatoms. The summed E-state index contributed by atoms with van der Waals surface area (Å²) >= 11 is 0. The van der Waals surface area contributed by atoms with Crippen LogP contribution in [0, 0.1) is 0 Å². The van der Waals surface area contributed by atoms with Gasteiger partial charge in [0, 0.05) is 19.3 Å². The molecule has 3 atom stereocenters. The molecule has 74 heavy (non-hydrogen) atoms.